The Balaban J connectivity index is 1.96. The van der Waals surface area contributed by atoms with Crippen LogP contribution in [0.5, 0.6) is 0 Å². The van der Waals surface area contributed by atoms with Crippen LogP contribution in [0.25, 0.3) is 0 Å². The van der Waals surface area contributed by atoms with Gasteiger partial charge >= 0.3 is 5.97 Å². The molecule has 1 aromatic heterocycles. The first-order valence-electron chi connectivity index (χ1n) is 6.80. The fourth-order valence-corrected chi connectivity index (χ4v) is 3.73. The second-order valence-corrected chi connectivity index (χ2v) is 6.16. The van der Waals surface area contributed by atoms with E-state index in [1.165, 1.54) is 10.4 Å². The molecule has 0 amide bonds. The van der Waals surface area contributed by atoms with Crippen molar-refractivity contribution in [1.29, 1.82) is 0 Å². The molecule has 4 heteroatoms. The second-order valence-electron chi connectivity index (χ2n) is 5.16. The highest BCUT2D eigenvalue weighted by Gasteiger charge is 2.22. The van der Waals surface area contributed by atoms with Crippen molar-refractivity contribution in [1.82, 2.24) is 0 Å². The summed E-state index contributed by atoms with van der Waals surface area (Å²) in [7, 11) is 0. The van der Waals surface area contributed by atoms with E-state index in [2.05, 4.69) is 23.3 Å². The topological polar surface area (TPSA) is 40.5 Å². The Kier molecular flexibility index (Phi) is 3.49. The third-order valence-electron chi connectivity index (χ3n) is 3.88. The third-order valence-corrected chi connectivity index (χ3v) is 4.89. The molecule has 0 saturated heterocycles. The minimum absolute atomic E-state index is 0.454. The Hall–Kier alpha value is -1.81. The van der Waals surface area contributed by atoms with E-state index < -0.39 is 5.97 Å². The maximum atomic E-state index is 11.3. The molecule has 0 bridgehead atoms. The highest BCUT2D eigenvalue weighted by Crippen LogP contribution is 2.32. The van der Waals surface area contributed by atoms with Gasteiger partial charge in [-0.2, -0.15) is 0 Å². The lowest BCUT2D eigenvalue weighted by molar-refractivity contribution is 0.0695. The van der Waals surface area contributed by atoms with Crippen LogP contribution < -0.4 is 4.90 Å². The lowest BCUT2D eigenvalue weighted by Gasteiger charge is -2.32. The number of benzene rings is 1. The molecule has 3 nitrogen and oxygen atoms in total. The Bertz CT molecular complexity index is 648. The third kappa shape index (κ3) is 2.31. The zero-order valence-corrected chi connectivity index (χ0v) is 12.2. The Labute approximate surface area is 122 Å². The summed E-state index contributed by atoms with van der Waals surface area (Å²) in [6, 6.07) is 7.74. The number of aryl methyl sites for hydroxylation is 1. The van der Waals surface area contributed by atoms with E-state index in [9.17, 15) is 9.90 Å². The predicted molar refractivity (Wildman–Crippen MR) is 81.8 cm³/mol. The van der Waals surface area contributed by atoms with E-state index in [1.54, 1.807) is 17.4 Å². The molecule has 0 spiro atoms. The molecule has 2 heterocycles. The average Bonchev–Trinajstić information content (AvgIpc) is 2.84. The zero-order chi connectivity index (χ0) is 14.1. The van der Waals surface area contributed by atoms with Crippen LogP contribution in [-0.2, 0) is 13.0 Å². The fourth-order valence-electron chi connectivity index (χ4n) is 2.80. The molecular weight excluding hydrogens is 270 g/mol. The largest absolute Gasteiger partial charge is 0.478 e. The molecule has 0 saturated carbocycles. The van der Waals surface area contributed by atoms with Crippen molar-refractivity contribution < 1.29 is 9.90 Å². The van der Waals surface area contributed by atoms with Crippen LogP contribution in [0, 0.1) is 6.92 Å². The molecule has 1 aromatic carbocycles. The van der Waals surface area contributed by atoms with Gasteiger partial charge in [0.1, 0.15) is 0 Å². The van der Waals surface area contributed by atoms with Crippen molar-refractivity contribution in [2.24, 2.45) is 0 Å². The lowest BCUT2D eigenvalue weighted by Crippen LogP contribution is -2.29. The van der Waals surface area contributed by atoms with Crippen LogP contribution in [0.3, 0.4) is 0 Å². The number of thiophene rings is 1. The number of anilines is 1. The number of nitrogens with zero attached hydrogens (tertiary/aromatic N) is 1. The van der Waals surface area contributed by atoms with Crippen molar-refractivity contribution in [3.63, 3.8) is 0 Å². The summed E-state index contributed by atoms with van der Waals surface area (Å²) < 4.78 is 0. The van der Waals surface area contributed by atoms with Crippen LogP contribution in [0.4, 0.5) is 5.69 Å². The van der Waals surface area contributed by atoms with Gasteiger partial charge in [-0.3, -0.25) is 0 Å². The van der Waals surface area contributed by atoms with Gasteiger partial charge < -0.3 is 10.0 Å². The van der Waals surface area contributed by atoms with E-state index >= 15 is 0 Å². The van der Waals surface area contributed by atoms with E-state index in [1.807, 2.05) is 12.1 Å². The Morgan fingerprint density at radius 2 is 2.25 bits per heavy atom. The number of fused-ring (bicyclic) bond motifs is 1. The molecule has 1 N–H and O–H groups in total. The van der Waals surface area contributed by atoms with Gasteiger partial charge in [0, 0.05) is 17.1 Å². The first-order valence-corrected chi connectivity index (χ1v) is 7.68. The van der Waals surface area contributed by atoms with Crippen molar-refractivity contribution in [3.05, 3.63) is 51.2 Å². The Morgan fingerprint density at radius 3 is 2.95 bits per heavy atom. The molecule has 1 aliphatic heterocycles. The van der Waals surface area contributed by atoms with Crippen LogP contribution in [-0.4, -0.2) is 17.6 Å². The van der Waals surface area contributed by atoms with Gasteiger partial charge in [0.25, 0.3) is 0 Å². The molecule has 1 aliphatic rings. The zero-order valence-electron chi connectivity index (χ0n) is 11.4. The van der Waals surface area contributed by atoms with Gasteiger partial charge in [0.2, 0.25) is 0 Å². The highest BCUT2D eigenvalue weighted by molar-refractivity contribution is 7.10. The van der Waals surface area contributed by atoms with Crippen molar-refractivity contribution in [2.75, 3.05) is 11.4 Å². The number of hydrogen-bond donors (Lipinski definition) is 1. The minimum atomic E-state index is -0.823. The molecule has 0 atom stereocenters. The molecule has 20 heavy (non-hydrogen) atoms. The molecule has 0 aliphatic carbocycles. The molecule has 0 unspecified atom stereocenters. The second kappa shape index (κ2) is 5.29. The highest BCUT2D eigenvalue weighted by atomic mass is 32.1. The number of carboxylic acids is 1. The van der Waals surface area contributed by atoms with Crippen LogP contribution >= 0.6 is 11.3 Å². The smallest absolute Gasteiger partial charge is 0.336 e. The van der Waals surface area contributed by atoms with E-state index in [0.717, 1.165) is 37.2 Å². The number of rotatable bonds is 3. The van der Waals surface area contributed by atoms with E-state index in [4.69, 9.17) is 0 Å². The maximum Gasteiger partial charge on any atom is 0.336 e. The number of aromatic carboxylic acids is 1. The van der Waals surface area contributed by atoms with Crippen LogP contribution in [0.1, 0.15) is 32.8 Å². The Morgan fingerprint density at radius 1 is 1.40 bits per heavy atom. The average molecular weight is 287 g/mol. The fraction of sp³-hybridized carbons (Fsp3) is 0.312. The maximum absolute atomic E-state index is 11.3. The molecule has 3 rings (SSSR count). The van der Waals surface area contributed by atoms with Gasteiger partial charge in [0.05, 0.1) is 12.1 Å². The normalized spacial score (nSPS) is 14.2. The first kappa shape index (κ1) is 13.2. The molecular formula is C16H17NO2S. The first-order chi connectivity index (χ1) is 9.66. The summed E-state index contributed by atoms with van der Waals surface area (Å²) in [6.45, 7) is 4.00. The summed E-state index contributed by atoms with van der Waals surface area (Å²) in [4.78, 5) is 15.0. The minimum Gasteiger partial charge on any atom is -0.478 e. The quantitative estimate of drug-likeness (QED) is 0.935. The predicted octanol–water partition coefficient (Wildman–Crippen LogP) is 3.71. The van der Waals surface area contributed by atoms with Gasteiger partial charge in [0.15, 0.2) is 0 Å². The summed E-state index contributed by atoms with van der Waals surface area (Å²) in [5.41, 5.74) is 3.84. The van der Waals surface area contributed by atoms with E-state index in [-0.39, 0.29) is 0 Å². The molecule has 0 radical (unpaired) electrons. The van der Waals surface area contributed by atoms with Crippen LogP contribution in [0.15, 0.2) is 29.6 Å². The molecule has 0 fully saturated rings. The lowest BCUT2D eigenvalue weighted by atomic mass is 9.96. The van der Waals surface area contributed by atoms with Crippen molar-refractivity contribution in [2.45, 2.75) is 26.3 Å². The molecule has 2 aromatic rings. The summed E-state index contributed by atoms with van der Waals surface area (Å²) >= 11 is 1.77. The van der Waals surface area contributed by atoms with Gasteiger partial charge in [-0.1, -0.05) is 6.07 Å². The van der Waals surface area contributed by atoms with Gasteiger partial charge in [-0.15, -0.1) is 11.3 Å². The summed E-state index contributed by atoms with van der Waals surface area (Å²) in [5, 5.41) is 11.4. The number of carboxylic acid groups (broad SMARTS) is 1. The standard InChI is InChI=1S/C16H17NO2S/c1-11-7-9-20-15(11)10-17-8-3-5-12-13(16(18)19)4-2-6-14(12)17/h2,4,6-7,9H,3,5,8,10H2,1H3,(H,18,19). The monoisotopic (exact) mass is 287 g/mol. The van der Waals surface area contributed by atoms with Crippen molar-refractivity contribution in [3.8, 4) is 0 Å². The summed E-state index contributed by atoms with van der Waals surface area (Å²) in [5.74, 6) is -0.823. The van der Waals surface area contributed by atoms with Gasteiger partial charge in [-0.05, 0) is 54.5 Å². The summed E-state index contributed by atoms with van der Waals surface area (Å²) in [6.07, 6.45) is 1.87. The SMILES string of the molecule is Cc1ccsc1CN1CCCc2c(C(=O)O)cccc21. The van der Waals surface area contributed by atoms with E-state index in [0.29, 0.717) is 5.56 Å². The van der Waals surface area contributed by atoms with Crippen LogP contribution in [0.2, 0.25) is 0 Å². The molecule has 104 valence electrons. The van der Waals surface area contributed by atoms with Crippen molar-refractivity contribution >= 4 is 23.0 Å². The number of hydrogen-bond acceptors (Lipinski definition) is 3. The van der Waals surface area contributed by atoms with Gasteiger partial charge in [-0.25, -0.2) is 4.79 Å². The number of carbonyl (C=O) groups is 1.